The second kappa shape index (κ2) is 7.01. The summed E-state index contributed by atoms with van der Waals surface area (Å²) in [4.78, 5) is 0. The Labute approximate surface area is 144 Å². The first-order chi connectivity index (χ1) is 12.0. The van der Waals surface area contributed by atoms with Gasteiger partial charge in [-0.2, -0.15) is 5.10 Å². The van der Waals surface area contributed by atoms with E-state index in [2.05, 4.69) is 10.4 Å². The summed E-state index contributed by atoms with van der Waals surface area (Å²) in [5.74, 6) is -1.69. The van der Waals surface area contributed by atoms with Crippen LogP contribution in [-0.4, -0.2) is 9.78 Å². The molecule has 0 bridgehead atoms. The highest BCUT2D eigenvalue weighted by atomic mass is 19.1. The third-order valence-electron chi connectivity index (χ3n) is 3.98. The van der Waals surface area contributed by atoms with E-state index in [-0.39, 0.29) is 12.1 Å². The summed E-state index contributed by atoms with van der Waals surface area (Å²) in [5.41, 5.74) is 2.32. The Morgan fingerprint density at radius 2 is 1.72 bits per heavy atom. The van der Waals surface area contributed by atoms with E-state index in [9.17, 15) is 13.2 Å². The van der Waals surface area contributed by atoms with Crippen molar-refractivity contribution in [3.8, 4) is 11.3 Å². The van der Waals surface area contributed by atoms with Gasteiger partial charge in [0.05, 0.1) is 11.4 Å². The van der Waals surface area contributed by atoms with E-state index in [0.717, 1.165) is 5.69 Å². The maximum Gasteiger partial charge on any atom is 0.134 e. The van der Waals surface area contributed by atoms with Gasteiger partial charge in [-0.25, -0.2) is 13.2 Å². The van der Waals surface area contributed by atoms with Crippen molar-refractivity contribution in [3.63, 3.8) is 0 Å². The number of hydrogen-bond donors (Lipinski definition) is 1. The van der Waals surface area contributed by atoms with Gasteiger partial charge in [-0.05, 0) is 50.2 Å². The lowest BCUT2D eigenvalue weighted by atomic mass is 10.1. The van der Waals surface area contributed by atoms with Gasteiger partial charge in [0, 0.05) is 29.9 Å². The van der Waals surface area contributed by atoms with Crippen LogP contribution in [0.3, 0.4) is 0 Å². The summed E-state index contributed by atoms with van der Waals surface area (Å²) in [6.07, 6.45) is 0. The molecule has 0 unspecified atom stereocenters. The Morgan fingerprint density at radius 3 is 2.36 bits per heavy atom. The zero-order chi connectivity index (χ0) is 18.0. The molecular formula is C19H18F3N3. The minimum absolute atomic E-state index is 0.0662. The molecule has 0 aliphatic heterocycles. The Balaban J connectivity index is 1.83. The fourth-order valence-electron chi connectivity index (χ4n) is 2.73. The number of benzene rings is 2. The molecule has 25 heavy (non-hydrogen) atoms. The van der Waals surface area contributed by atoms with E-state index < -0.39 is 17.5 Å². The molecule has 3 aromatic rings. The van der Waals surface area contributed by atoms with Crippen LogP contribution >= 0.6 is 0 Å². The van der Waals surface area contributed by atoms with E-state index in [1.807, 2.05) is 19.9 Å². The second-order valence-corrected chi connectivity index (χ2v) is 5.74. The molecule has 0 fully saturated rings. The van der Waals surface area contributed by atoms with Crippen LogP contribution in [0.2, 0.25) is 0 Å². The molecule has 0 saturated carbocycles. The Kier molecular flexibility index (Phi) is 4.79. The average Bonchev–Trinajstić information content (AvgIpc) is 2.95. The normalized spacial score (nSPS) is 10.9. The maximum absolute atomic E-state index is 14.5. The van der Waals surface area contributed by atoms with Gasteiger partial charge in [0.15, 0.2) is 0 Å². The van der Waals surface area contributed by atoms with Crippen molar-refractivity contribution in [2.75, 3.05) is 5.32 Å². The third kappa shape index (κ3) is 3.52. The first kappa shape index (κ1) is 17.1. The lowest BCUT2D eigenvalue weighted by Crippen LogP contribution is -2.05. The highest BCUT2D eigenvalue weighted by molar-refractivity contribution is 5.64. The SMILES string of the molecule is CCn1nc(C)cc1-c1ccc(NCc2c(F)cccc2F)cc1F. The van der Waals surface area contributed by atoms with Gasteiger partial charge in [0.1, 0.15) is 17.5 Å². The van der Waals surface area contributed by atoms with E-state index in [0.29, 0.717) is 23.5 Å². The van der Waals surface area contributed by atoms with Crippen molar-refractivity contribution < 1.29 is 13.2 Å². The quantitative estimate of drug-likeness (QED) is 0.712. The molecule has 6 heteroatoms. The molecule has 0 aliphatic rings. The van der Waals surface area contributed by atoms with Crippen LogP contribution < -0.4 is 5.32 Å². The summed E-state index contributed by atoms with van der Waals surface area (Å²) in [6, 6.07) is 10.1. The topological polar surface area (TPSA) is 29.9 Å². The maximum atomic E-state index is 14.5. The van der Waals surface area contributed by atoms with Crippen molar-refractivity contribution in [2.45, 2.75) is 26.9 Å². The van der Waals surface area contributed by atoms with Gasteiger partial charge in [-0.1, -0.05) is 6.07 Å². The summed E-state index contributed by atoms with van der Waals surface area (Å²) in [6.45, 7) is 4.36. The monoisotopic (exact) mass is 345 g/mol. The second-order valence-electron chi connectivity index (χ2n) is 5.74. The Bertz CT molecular complexity index is 883. The first-order valence-corrected chi connectivity index (χ1v) is 8.00. The lowest BCUT2D eigenvalue weighted by Gasteiger charge is -2.11. The van der Waals surface area contributed by atoms with Gasteiger partial charge in [-0.15, -0.1) is 0 Å². The number of hydrogen-bond acceptors (Lipinski definition) is 2. The van der Waals surface area contributed by atoms with Gasteiger partial charge >= 0.3 is 0 Å². The molecule has 0 aliphatic carbocycles. The molecular weight excluding hydrogens is 327 g/mol. The van der Waals surface area contributed by atoms with Gasteiger partial charge < -0.3 is 5.32 Å². The number of aromatic nitrogens is 2. The molecule has 0 saturated heterocycles. The predicted molar refractivity (Wildman–Crippen MR) is 91.7 cm³/mol. The molecule has 0 spiro atoms. The standard InChI is InChI=1S/C19H18F3N3/c1-3-25-19(9-12(2)24-25)14-8-7-13(10-18(14)22)23-11-15-16(20)5-4-6-17(15)21/h4-10,23H,3,11H2,1-2H3. The highest BCUT2D eigenvalue weighted by Gasteiger charge is 2.13. The van der Waals surface area contributed by atoms with E-state index in [4.69, 9.17) is 0 Å². The van der Waals surface area contributed by atoms with E-state index >= 15 is 0 Å². The highest BCUT2D eigenvalue weighted by Crippen LogP contribution is 2.26. The molecule has 3 rings (SSSR count). The summed E-state index contributed by atoms with van der Waals surface area (Å²) in [7, 11) is 0. The molecule has 3 nitrogen and oxygen atoms in total. The molecule has 0 radical (unpaired) electrons. The Morgan fingerprint density at radius 1 is 1.00 bits per heavy atom. The zero-order valence-electron chi connectivity index (χ0n) is 14.0. The van der Waals surface area contributed by atoms with Crippen molar-refractivity contribution in [1.82, 2.24) is 9.78 Å². The molecule has 2 aromatic carbocycles. The average molecular weight is 345 g/mol. The van der Waals surface area contributed by atoms with E-state index in [1.165, 1.54) is 24.3 Å². The zero-order valence-corrected chi connectivity index (χ0v) is 14.0. The van der Waals surface area contributed by atoms with Crippen molar-refractivity contribution >= 4 is 5.69 Å². The molecule has 0 amide bonds. The van der Waals surface area contributed by atoms with Gasteiger partial charge in [0.25, 0.3) is 0 Å². The fraction of sp³-hybridized carbons (Fsp3) is 0.211. The van der Waals surface area contributed by atoms with E-state index in [1.54, 1.807) is 16.8 Å². The van der Waals surface area contributed by atoms with Crippen molar-refractivity contribution in [1.29, 1.82) is 0 Å². The number of rotatable bonds is 5. The van der Waals surface area contributed by atoms with Crippen LogP contribution in [0.15, 0.2) is 42.5 Å². The first-order valence-electron chi connectivity index (χ1n) is 8.00. The van der Waals surface area contributed by atoms with Gasteiger partial charge in [0.2, 0.25) is 0 Å². The third-order valence-corrected chi connectivity index (χ3v) is 3.98. The smallest absolute Gasteiger partial charge is 0.134 e. The number of halogens is 3. The minimum atomic E-state index is -0.632. The molecule has 0 atom stereocenters. The van der Waals surface area contributed by atoms with Crippen LogP contribution in [0.1, 0.15) is 18.2 Å². The molecule has 130 valence electrons. The van der Waals surface area contributed by atoms with Gasteiger partial charge in [-0.3, -0.25) is 4.68 Å². The van der Waals surface area contributed by atoms with Crippen molar-refractivity contribution in [2.24, 2.45) is 0 Å². The van der Waals surface area contributed by atoms with Crippen LogP contribution in [-0.2, 0) is 13.1 Å². The number of nitrogens with zero attached hydrogens (tertiary/aromatic N) is 2. The summed E-state index contributed by atoms with van der Waals surface area (Å²) >= 11 is 0. The Hall–Kier alpha value is -2.76. The summed E-state index contributed by atoms with van der Waals surface area (Å²) in [5, 5.41) is 7.17. The molecule has 1 N–H and O–H groups in total. The molecule has 1 heterocycles. The lowest BCUT2D eigenvalue weighted by molar-refractivity contribution is 0.560. The molecule has 1 aromatic heterocycles. The number of anilines is 1. The number of nitrogens with one attached hydrogen (secondary N) is 1. The number of aryl methyl sites for hydroxylation is 2. The van der Waals surface area contributed by atoms with Crippen molar-refractivity contribution in [3.05, 3.63) is 71.2 Å². The van der Waals surface area contributed by atoms with Crippen LogP contribution in [0, 0.1) is 24.4 Å². The fourth-order valence-corrected chi connectivity index (χ4v) is 2.73. The minimum Gasteiger partial charge on any atom is -0.381 e. The predicted octanol–water partition coefficient (Wildman–Crippen LogP) is 4.91. The largest absolute Gasteiger partial charge is 0.381 e. The summed E-state index contributed by atoms with van der Waals surface area (Å²) < 4.78 is 43.5. The van der Waals surface area contributed by atoms with Crippen LogP contribution in [0.25, 0.3) is 11.3 Å². The van der Waals surface area contributed by atoms with Crippen LogP contribution in [0.5, 0.6) is 0 Å². The van der Waals surface area contributed by atoms with Crippen LogP contribution in [0.4, 0.5) is 18.9 Å².